The van der Waals surface area contributed by atoms with Crippen LogP contribution < -0.4 is 0 Å². The molecule has 1 aliphatic heterocycles. The number of terminal acetylenes is 1. The lowest BCUT2D eigenvalue weighted by Gasteiger charge is -2.36. The Morgan fingerprint density at radius 3 is 2.75 bits per heavy atom. The SMILES string of the molecule is C#Cc1ccc(CN2CC[C@@H](C)C[C@H]2C(=O)OC)cc1. The van der Waals surface area contributed by atoms with E-state index in [9.17, 15) is 4.79 Å². The molecule has 0 saturated carbocycles. The molecule has 106 valence electrons. The van der Waals surface area contributed by atoms with Gasteiger partial charge in [-0.15, -0.1) is 6.42 Å². The molecule has 3 nitrogen and oxygen atoms in total. The number of methoxy groups -OCH3 is 1. The number of benzene rings is 1. The number of esters is 1. The molecular formula is C17H21NO2. The van der Waals surface area contributed by atoms with Gasteiger partial charge in [-0.25, -0.2) is 0 Å². The predicted molar refractivity (Wildman–Crippen MR) is 79.0 cm³/mol. The average Bonchev–Trinajstić information content (AvgIpc) is 2.49. The van der Waals surface area contributed by atoms with Crippen molar-refractivity contribution in [1.29, 1.82) is 0 Å². The lowest BCUT2D eigenvalue weighted by Crippen LogP contribution is -2.46. The highest BCUT2D eigenvalue weighted by molar-refractivity contribution is 5.75. The number of rotatable bonds is 3. The molecular weight excluding hydrogens is 250 g/mol. The first kappa shape index (κ1) is 14.6. The van der Waals surface area contributed by atoms with E-state index in [4.69, 9.17) is 11.2 Å². The number of carbonyl (C=O) groups excluding carboxylic acids is 1. The maximum Gasteiger partial charge on any atom is 0.323 e. The van der Waals surface area contributed by atoms with Gasteiger partial charge in [0.15, 0.2) is 0 Å². The molecule has 1 aliphatic rings. The summed E-state index contributed by atoms with van der Waals surface area (Å²) >= 11 is 0. The van der Waals surface area contributed by atoms with Crippen LogP contribution in [-0.2, 0) is 16.1 Å². The van der Waals surface area contributed by atoms with Crippen molar-refractivity contribution in [3.8, 4) is 12.3 Å². The number of hydrogen-bond donors (Lipinski definition) is 0. The number of piperidine rings is 1. The Balaban J connectivity index is 2.08. The van der Waals surface area contributed by atoms with Gasteiger partial charge in [0.2, 0.25) is 0 Å². The first-order chi connectivity index (χ1) is 9.63. The molecule has 1 heterocycles. The molecule has 0 aromatic heterocycles. The van der Waals surface area contributed by atoms with Crippen LogP contribution in [0.25, 0.3) is 0 Å². The number of hydrogen-bond acceptors (Lipinski definition) is 3. The van der Waals surface area contributed by atoms with E-state index in [1.807, 2.05) is 24.3 Å². The Morgan fingerprint density at radius 2 is 2.15 bits per heavy atom. The summed E-state index contributed by atoms with van der Waals surface area (Å²) in [7, 11) is 1.46. The van der Waals surface area contributed by atoms with Crippen LogP contribution in [0.4, 0.5) is 0 Å². The summed E-state index contributed by atoms with van der Waals surface area (Å²) in [4.78, 5) is 14.1. The molecule has 2 rings (SSSR count). The van der Waals surface area contributed by atoms with E-state index < -0.39 is 0 Å². The lowest BCUT2D eigenvalue weighted by molar-refractivity contribution is -0.149. The van der Waals surface area contributed by atoms with E-state index in [-0.39, 0.29) is 12.0 Å². The monoisotopic (exact) mass is 271 g/mol. The highest BCUT2D eigenvalue weighted by Crippen LogP contribution is 2.25. The first-order valence-electron chi connectivity index (χ1n) is 7.01. The van der Waals surface area contributed by atoms with Gasteiger partial charge in [0.25, 0.3) is 0 Å². The number of carbonyl (C=O) groups is 1. The number of likely N-dealkylation sites (tertiary alicyclic amines) is 1. The summed E-state index contributed by atoms with van der Waals surface area (Å²) in [5.41, 5.74) is 2.05. The molecule has 1 saturated heterocycles. The third kappa shape index (κ3) is 3.40. The molecule has 0 aliphatic carbocycles. The van der Waals surface area contributed by atoms with Gasteiger partial charge in [0.05, 0.1) is 7.11 Å². The van der Waals surface area contributed by atoms with Gasteiger partial charge in [0.1, 0.15) is 6.04 Å². The molecule has 1 aromatic carbocycles. The maximum atomic E-state index is 11.9. The van der Waals surface area contributed by atoms with Gasteiger partial charge < -0.3 is 4.74 Å². The highest BCUT2D eigenvalue weighted by atomic mass is 16.5. The van der Waals surface area contributed by atoms with Crippen LogP contribution in [-0.4, -0.2) is 30.6 Å². The van der Waals surface area contributed by atoms with E-state index >= 15 is 0 Å². The topological polar surface area (TPSA) is 29.5 Å². The molecule has 0 radical (unpaired) electrons. The van der Waals surface area contributed by atoms with Crippen molar-refractivity contribution in [3.05, 3.63) is 35.4 Å². The number of nitrogens with zero attached hydrogens (tertiary/aromatic N) is 1. The minimum Gasteiger partial charge on any atom is -0.468 e. The second-order valence-electron chi connectivity index (χ2n) is 5.48. The third-order valence-corrected chi connectivity index (χ3v) is 3.96. The molecule has 1 fully saturated rings. The van der Waals surface area contributed by atoms with Crippen molar-refractivity contribution in [1.82, 2.24) is 4.90 Å². The van der Waals surface area contributed by atoms with Gasteiger partial charge in [-0.05, 0) is 43.0 Å². The van der Waals surface area contributed by atoms with E-state index in [1.54, 1.807) is 0 Å². The van der Waals surface area contributed by atoms with E-state index in [2.05, 4.69) is 17.7 Å². The molecule has 3 heteroatoms. The van der Waals surface area contributed by atoms with E-state index in [0.29, 0.717) is 5.92 Å². The van der Waals surface area contributed by atoms with Gasteiger partial charge in [-0.2, -0.15) is 0 Å². The summed E-state index contributed by atoms with van der Waals surface area (Å²) in [6.45, 7) is 3.88. The Morgan fingerprint density at radius 1 is 1.45 bits per heavy atom. The van der Waals surface area contributed by atoms with Crippen molar-refractivity contribution in [3.63, 3.8) is 0 Å². The smallest absolute Gasteiger partial charge is 0.323 e. The molecule has 20 heavy (non-hydrogen) atoms. The van der Waals surface area contributed by atoms with Crippen LogP contribution in [0.2, 0.25) is 0 Å². The Hall–Kier alpha value is -1.79. The normalized spacial score (nSPS) is 23.1. The van der Waals surface area contributed by atoms with Gasteiger partial charge in [-0.3, -0.25) is 9.69 Å². The standard InChI is InChI=1S/C17H21NO2/c1-4-14-5-7-15(8-6-14)12-18-10-9-13(2)11-16(18)17(19)20-3/h1,5-8,13,16H,9-12H2,2-3H3/t13-,16+/m1/s1. The van der Waals surface area contributed by atoms with E-state index in [0.717, 1.165) is 31.5 Å². The maximum absolute atomic E-state index is 11.9. The Kier molecular flexibility index (Phi) is 4.81. The number of ether oxygens (including phenoxy) is 1. The minimum atomic E-state index is -0.129. The quantitative estimate of drug-likeness (QED) is 0.624. The highest BCUT2D eigenvalue weighted by Gasteiger charge is 2.32. The van der Waals surface area contributed by atoms with Crippen molar-refractivity contribution in [2.75, 3.05) is 13.7 Å². The molecule has 0 bridgehead atoms. The van der Waals surface area contributed by atoms with Crippen LogP contribution in [0.3, 0.4) is 0 Å². The van der Waals surface area contributed by atoms with Crippen molar-refractivity contribution < 1.29 is 9.53 Å². The molecule has 0 spiro atoms. The Labute approximate surface area is 120 Å². The molecule has 0 unspecified atom stereocenters. The molecule has 0 N–H and O–H groups in total. The van der Waals surface area contributed by atoms with Crippen LogP contribution in [0.15, 0.2) is 24.3 Å². The second-order valence-corrected chi connectivity index (χ2v) is 5.48. The van der Waals surface area contributed by atoms with Crippen molar-refractivity contribution >= 4 is 5.97 Å². The zero-order chi connectivity index (χ0) is 14.5. The van der Waals surface area contributed by atoms with Crippen LogP contribution in [0, 0.1) is 18.3 Å². The van der Waals surface area contributed by atoms with Crippen LogP contribution in [0.1, 0.15) is 30.9 Å². The first-order valence-corrected chi connectivity index (χ1v) is 7.01. The summed E-state index contributed by atoms with van der Waals surface area (Å²) in [6, 6.07) is 7.81. The Bertz CT molecular complexity index is 501. The van der Waals surface area contributed by atoms with Crippen molar-refractivity contribution in [2.24, 2.45) is 5.92 Å². The zero-order valence-corrected chi connectivity index (χ0v) is 12.1. The summed E-state index contributed by atoms with van der Waals surface area (Å²) in [6.07, 6.45) is 7.35. The summed E-state index contributed by atoms with van der Waals surface area (Å²) in [5.74, 6) is 3.05. The predicted octanol–water partition coefficient (Wildman–Crippen LogP) is 2.44. The van der Waals surface area contributed by atoms with Crippen LogP contribution >= 0.6 is 0 Å². The zero-order valence-electron chi connectivity index (χ0n) is 12.1. The summed E-state index contributed by atoms with van der Waals surface area (Å²) in [5, 5.41) is 0. The fourth-order valence-electron chi connectivity index (χ4n) is 2.70. The van der Waals surface area contributed by atoms with Crippen LogP contribution in [0.5, 0.6) is 0 Å². The average molecular weight is 271 g/mol. The fourth-order valence-corrected chi connectivity index (χ4v) is 2.70. The van der Waals surface area contributed by atoms with Gasteiger partial charge >= 0.3 is 5.97 Å². The second kappa shape index (κ2) is 6.58. The largest absolute Gasteiger partial charge is 0.468 e. The lowest BCUT2D eigenvalue weighted by atomic mass is 9.92. The van der Waals surface area contributed by atoms with Gasteiger partial charge in [-0.1, -0.05) is 25.0 Å². The molecule has 0 amide bonds. The van der Waals surface area contributed by atoms with Crippen molar-refractivity contribution in [2.45, 2.75) is 32.4 Å². The third-order valence-electron chi connectivity index (χ3n) is 3.96. The fraction of sp³-hybridized carbons (Fsp3) is 0.471. The van der Waals surface area contributed by atoms with E-state index in [1.165, 1.54) is 12.7 Å². The summed E-state index contributed by atoms with van der Waals surface area (Å²) < 4.78 is 4.94. The molecule has 1 aromatic rings. The van der Waals surface area contributed by atoms with Gasteiger partial charge in [0, 0.05) is 12.1 Å². The molecule has 2 atom stereocenters. The minimum absolute atomic E-state index is 0.128.